The Morgan fingerprint density at radius 1 is 1.29 bits per heavy atom. The zero-order valence-electron chi connectivity index (χ0n) is 15.7. The van der Waals surface area contributed by atoms with E-state index in [2.05, 4.69) is 41.9 Å². The van der Waals surface area contributed by atoms with Crippen molar-refractivity contribution in [3.8, 4) is 0 Å². The summed E-state index contributed by atoms with van der Waals surface area (Å²) in [5.74, 6) is -0.195. The minimum absolute atomic E-state index is 0.0102. The summed E-state index contributed by atoms with van der Waals surface area (Å²) in [4.78, 5) is 24.8. The van der Waals surface area contributed by atoms with Gasteiger partial charge in [0.15, 0.2) is 0 Å². The Morgan fingerprint density at radius 2 is 1.93 bits per heavy atom. The summed E-state index contributed by atoms with van der Waals surface area (Å²) in [6.07, 6.45) is -0.887. The third-order valence-electron chi connectivity index (χ3n) is 4.34. The summed E-state index contributed by atoms with van der Waals surface area (Å²) in [6, 6.07) is 3.68. The van der Waals surface area contributed by atoms with Crippen molar-refractivity contribution >= 4 is 53.9 Å². The fourth-order valence-electron chi connectivity index (χ4n) is 2.87. The molecule has 156 valence electrons. The van der Waals surface area contributed by atoms with Gasteiger partial charge in [0.1, 0.15) is 0 Å². The molecule has 1 fully saturated rings. The van der Waals surface area contributed by atoms with Gasteiger partial charge in [-0.3, -0.25) is 4.79 Å². The van der Waals surface area contributed by atoms with Crippen molar-refractivity contribution in [1.29, 1.82) is 0 Å². The largest absolute Gasteiger partial charge is 0.465 e. The molecule has 1 aliphatic heterocycles. The van der Waals surface area contributed by atoms with Gasteiger partial charge in [-0.2, -0.15) is 0 Å². The number of amides is 2. The van der Waals surface area contributed by atoms with Crippen molar-refractivity contribution in [1.82, 2.24) is 14.9 Å². The molecule has 0 radical (unpaired) electrons. The van der Waals surface area contributed by atoms with Crippen molar-refractivity contribution in [2.45, 2.75) is 44.2 Å². The molecule has 11 heteroatoms. The number of benzene rings is 1. The number of halogens is 2. The lowest BCUT2D eigenvalue weighted by molar-refractivity contribution is -0.128. The molecular formula is C17H23Br2N3O5S. The number of likely N-dealkylation sites (tertiary alicyclic amines) is 1. The molecule has 1 saturated heterocycles. The third-order valence-corrected chi connectivity index (χ3v) is 7.35. The van der Waals surface area contributed by atoms with Crippen molar-refractivity contribution in [3.63, 3.8) is 0 Å². The molecule has 2 rings (SSSR count). The first-order valence-corrected chi connectivity index (χ1v) is 11.6. The maximum atomic E-state index is 12.7. The van der Waals surface area contributed by atoms with Crippen LogP contribution in [0.4, 0.5) is 4.79 Å². The first-order chi connectivity index (χ1) is 12.8. The summed E-state index contributed by atoms with van der Waals surface area (Å²) in [7, 11) is -3.86. The van der Waals surface area contributed by atoms with Gasteiger partial charge in [-0.15, -0.1) is 0 Å². The fourth-order valence-corrected chi connectivity index (χ4v) is 5.61. The molecule has 1 aliphatic rings. The smallest absolute Gasteiger partial charge is 0.407 e. The Bertz CT molecular complexity index is 870. The van der Waals surface area contributed by atoms with Crippen LogP contribution in [-0.4, -0.2) is 55.6 Å². The SMILES string of the molecule is CC(C)(C)C(=O)NC[C@H]1C[C@@H](NS(=O)(=O)c2cc(Br)ccc2Br)CN1C(=O)O. The summed E-state index contributed by atoms with van der Waals surface area (Å²) in [5.41, 5.74) is -0.597. The molecule has 0 unspecified atom stereocenters. The van der Waals surface area contributed by atoms with Crippen LogP contribution < -0.4 is 10.0 Å². The van der Waals surface area contributed by atoms with E-state index in [9.17, 15) is 23.1 Å². The summed E-state index contributed by atoms with van der Waals surface area (Å²) in [5, 5.41) is 12.2. The number of carbonyl (C=O) groups excluding carboxylic acids is 1. The average Bonchev–Trinajstić information content (AvgIpc) is 2.96. The van der Waals surface area contributed by atoms with Crippen LogP contribution in [0.3, 0.4) is 0 Å². The van der Waals surface area contributed by atoms with Crippen LogP contribution in [0.25, 0.3) is 0 Å². The molecule has 0 aromatic heterocycles. The molecule has 0 saturated carbocycles. The third kappa shape index (κ3) is 5.68. The van der Waals surface area contributed by atoms with Crippen molar-refractivity contribution in [2.24, 2.45) is 5.41 Å². The Labute approximate surface area is 181 Å². The predicted molar refractivity (Wildman–Crippen MR) is 112 cm³/mol. The minimum Gasteiger partial charge on any atom is -0.465 e. The Kier molecular flexibility index (Phi) is 7.17. The van der Waals surface area contributed by atoms with E-state index in [0.717, 1.165) is 4.90 Å². The quantitative estimate of drug-likeness (QED) is 0.531. The van der Waals surface area contributed by atoms with E-state index in [1.54, 1.807) is 32.9 Å². The molecule has 1 heterocycles. The highest BCUT2D eigenvalue weighted by Gasteiger charge is 2.38. The van der Waals surface area contributed by atoms with Crippen molar-refractivity contribution < 1.29 is 23.1 Å². The van der Waals surface area contributed by atoms with Crippen LogP contribution >= 0.6 is 31.9 Å². The summed E-state index contributed by atoms with van der Waals surface area (Å²) < 4.78 is 29.1. The van der Waals surface area contributed by atoms with E-state index in [1.165, 1.54) is 6.07 Å². The first kappa shape index (κ1) is 23.1. The Balaban J connectivity index is 2.12. The van der Waals surface area contributed by atoms with E-state index < -0.39 is 33.6 Å². The molecule has 2 atom stereocenters. The number of hydrogen-bond acceptors (Lipinski definition) is 4. The molecule has 0 bridgehead atoms. The normalized spacial score (nSPS) is 20.2. The molecule has 2 amide bonds. The van der Waals surface area contributed by atoms with E-state index in [-0.39, 0.29) is 30.3 Å². The van der Waals surface area contributed by atoms with Crippen LogP contribution in [0.2, 0.25) is 0 Å². The number of rotatable bonds is 5. The monoisotopic (exact) mass is 539 g/mol. The lowest BCUT2D eigenvalue weighted by atomic mass is 9.95. The lowest BCUT2D eigenvalue weighted by Crippen LogP contribution is -2.45. The number of hydrogen-bond donors (Lipinski definition) is 3. The standard InChI is InChI=1S/C17H23Br2N3O5S/c1-17(2,3)15(23)20-8-12-7-11(9-22(12)16(24)25)21-28(26,27)14-6-10(18)4-5-13(14)19/h4-6,11-12,21H,7-9H2,1-3H3,(H,20,23)(H,24,25)/t11-,12-/m1/s1. The van der Waals surface area contributed by atoms with Gasteiger partial charge in [0.2, 0.25) is 15.9 Å². The average molecular weight is 541 g/mol. The van der Waals surface area contributed by atoms with Gasteiger partial charge >= 0.3 is 6.09 Å². The van der Waals surface area contributed by atoms with Crippen LogP contribution in [0.15, 0.2) is 32.0 Å². The first-order valence-electron chi connectivity index (χ1n) is 8.56. The van der Waals surface area contributed by atoms with Crippen molar-refractivity contribution in [2.75, 3.05) is 13.1 Å². The van der Waals surface area contributed by atoms with Gasteiger partial charge in [-0.25, -0.2) is 17.9 Å². The number of nitrogens with zero attached hydrogens (tertiary/aromatic N) is 1. The molecule has 0 spiro atoms. The van der Waals surface area contributed by atoms with Crippen LogP contribution in [-0.2, 0) is 14.8 Å². The van der Waals surface area contributed by atoms with E-state index in [1.807, 2.05) is 0 Å². The molecule has 3 N–H and O–H groups in total. The lowest BCUT2D eigenvalue weighted by Gasteiger charge is -2.24. The second-order valence-corrected chi connectivity index (χ2v) is 11.1. The highest BCUT2D eigenvalue weighted by atomic mass is 79.9. The van der Waals surface area contributed by atoms with Crippen LogP contribution in [0.5, 0.6) is 0 Å². The van der Waals surface area contributed by atoms with Gasteiger partial charge in [0.25, 0.3) is 0 Å². The van der Waals surface area contributed by atoms with Gasteiger partial charge in [-0.1, -0.05) is 36.7 Å². The van der Waals surface area contributed by atoms with Gasteiger partial charge in [0.05, 0.1) is 10.9 Å². The topological polar surface area (TPSA) is 116 Å². The number of sulfonamides is 1. The number of nitrogens with one attached hydrogen (secondary N) is 2. The summed E-state index contributed by atoms with van der Waals surface area (Å²) >= 11 is 6.48. The van der Waals surface area contributed by atoms with Gasteiger partial charge in [-0.05, 0) is 40.5 Å². The molecule has 1 aromatic carbocycles. The van der Waals surface area contributed by atoms with Crippen LogP contribution in [0.1, 0.15) is 27.2 Å². The highest BCUT2D eigenvalue weighted by molar-refractivity contribution is 9.11. The molecular weight excluding hydrogens is 518 g/mol. The minimum atomic E-state index is -3.86. The molecule has 1 aromatic rings. The molecule has 8 nitrogen and oxygen atoms in total. The van der Waals surface area contributed by atoms with Gasteiger partial charge in [0, 0.05) is 33.5 Å². The second kappa shape index (κ2) is 8.68. The zero-order chi connectivity index (χ0) is 21.3. The number of carbonyl (C=O) groups is 2. The van der Waals surface area contributed by atoms with Crippen LogP contribution in [0, 0.1) is 5.41 Å². The molecule has 28 heavy (non-hydrogen) atoms. The molecule has 0 aliphatic carbocycles. The maximum Gasteiger partial charge on any atom is 0.407 e. The number of carboxylic acid groups (broad SMARTS) is 1. The van der Waals surface area contributed by atoms with E-state index in [0.29, 0.717) is 8.95 Å². The predicted octanol–water partition coefficient (Wildman–Crippen LogP) is 2.77. The van der Waals surface area contributed by atoms with E-state index in [4.69, 9.17) is 0 Å². The van der Waals surface area contributed by atoms with Crippen molar-refractivity contribution in [3.05, 3.63) is 27.1 Å². The Hall–Kier alpha value is -1.17. The Morgan fingerprint density at radius 3 is 2.50 bits per heavy atom. The second-order valence-electron chi connectivity index (χ2n) is 7.68. The fraction of sp³-hybridized carbons (Fsp3) is 0.529. The summed E-state index contributed by atoms with van der Waals surface area (Å²) in [6.45, 7) is 5.42. The maximum absolute atomic E-state index is 12.7. The van der Waals surface area contributed by atoms with E-state index >= 15 is 0 Å². The zero-order valence-corrected chi connectivity index (χ0v) is 19.7. The highest BCUT2D eigenvalue weighted by Crippen LogP contribution is 2.27. The van der Waals surface area contributed by atoms with Gasteiger partial charge < -0.3 is 15.3 Å².